The summed E-state index contributed by atoms with van der Waals surface area (Å²) < 4.78 is 6.47. The van der Waals surface area contributed by atoms with Crippen LogP contribution in [0.2, 0.25) is 0 Å². The van der Waals surface area contributed by atoms with Crippen LogP contribution < -0.4 is 4.90 Å². The van der Waals surface area contributed by atoms with Gasteiger partial charge in [-0.15, -0.1) is 0 Å². The summed E-state index contributed by atoms with van der Waals surface area (Å²) in [5.74, 6) is 0. The Morgan fingerprint density at radius 1 is 0.250 bits per heavy atom. The fourth-order valence-corrected chi connectivity index (χ4v) is 7.89. The highest BCUT2D eigenvalue weighted by Crippen LogP contribution is 2.42. The smallest absolute Gasteiger partial charge is 0.143 e. The van der Waals surface area contributed by atoms with Gasteiger partial charge in [0.1, 0.15) is 11.2 Å². The third kappa shape index (κ3) is 6.24. The first-order valence-corrected chi connectivity index (χ1v) is 19.1. The van der Waals surface area contributed by atoms with Crippen molar-refractivity contribution in [3.8, 4) is 55.6 Å². The number of benzene rings is 9. The molecule has 1 heterocycles. The number of rotatable bonds is 8. The Kier molecular flexibility index (Phi) is 8.55. The minimum absolute atomic E-state index is 0.905. The van der Waals surface area contributed by atoms with Gasteiger partial charge in [-0.3, -0.25) is 0 Å². The quantitative estimate of drug-likeness (QED) is 0.156. The Hall–Kier alpha value is -7.42. The van der Waals surface area contributed by atoms with E-state index in [2.05, 4.69) is 217 Å². The fourth-order valence-electron chi connectivity index (χ4n) is 7.89. The van der Waals surface area contributed by atoms with Crippen molar-refractivity contribution in [2.75, 3.05) is 4.90 Å². The van der Waals surface area contributed by atoms with E-state index in [1.165, 1.54) is 33.4 Å². The van der Waals surface area contributed by atoms with Crippen molar-refractivity contribution in [2.45, 2.75) is 0 Å². The number of hydrogen-bond donors (Lipinski definition) is 0. The number of nitrogens with zero attached hydrogens (tertiary/aromatic N) is 1. The van der Waals surface area contributed by atoms with Crippen LogP contribution in [-0.4, -0.2) is 0 Å². The van der Waals surface area contributed by atoms with Crippen LogP contribution in [0.3, 0.4) is 0 Å². The fraction of sp³-hybridized carbons (Fsp3) is 0. The summed E-state index contributed by atoms with van der Waals surface area (Å²) >= 11 is 0. The summed E-state index contributed by atoms with van der Waals surface area (Å²) in [5.41, 5.74) is 16.8. The van der Waals surface area contributed by atoms with Gasteiger partial charge >= 0.3 is 0 Å². The molecular weight excluding hydrogens is 679 g/mol. The molecule has 0 aliphatic rings. The van der Waals surface area contributed by atoms with E-state index >= 15 is 0 Å². The largest absolute Gasteiger partial charge is 0.455 e. The first-order valence-electron chi connectivity index (χ1n) is 19.1. The average molecular weight is 716 g/mol. The average Bonchev–Trinajstić information content (AvgIpc) is 3.67. The number of furan rings is 1. The van der Waals surface area contributed by atoms with Crippen molar-refractivity contribution in [1.82, 2.24) is 0 Å². The van der Waals surface area contributed by atoms with Crippen molar-refractivity contribution in [3.05, 3.63) is 224 Å². The molecule has 0 saturated carbocycles. The molecule has 10 aromatic rings. The van der Waals surface area contributed by atoms with E-state index in [4.69, 9.17) is 4.42 Å². The van der Waals surface area contributed by atoms with Gasteiger partial charge in [0.2, 0.25) is 0 Å². The summed E-state index contributed by atoms with van der Waals surface area (Å²) in [6.07, 6.45) is 0. The van der Waals surface area contributed by atoms with Crippen molar-refractivity contribution in [3.63, 3.8) is 0 Å². The molecule has 0 spiro atoms. The maximum absolute atomic E-state index is 6.47. The number of fused-ring (bicyclic) bond motifs is 3. The minimum atomic E-state index is 0.905. The molecular formula is C54H37NO. The molecule has 2 nitrogen and oxygen atoms in total. The molecule has 0 atom stereocenters. The zero-order valence-corrected chi connectivity index (χ0v) is 30.7. The maximum atomic E-state index is 6.47. The van der Waals surface area contributed by atoms with Gasteiger partial charge in [0.25, 0.3) is 0 Å². The van der Waals surface area contributed by atoms with E-state index in [1.807, 2.05) is 12.1 Å². The topological polar surface area (TPSA) is 16.4 Å². The number of anilines is 3. The molecule has 2 heteroatoms. The second-order valence-electron chi connectivity index (χ2n) is 14.1. The van der Waals surface area contributed by atoms with Crippen LogP contribution in [0.1, 0.15) is 0 Å². The van der Waals surface area contributed by atoms with Crippen LogP contribution in [0.4, 0.5) is 17.1 Å². The minimum Gasteiger partial charge on any atom is -0.455 e. The van der Waals surface area contributed by atoms with Gasteiger partial charge in [-0.2, -0.15) is 0 Å². The normalized spacial score (nSPS) is 11.2. The first kappa shape index (κ1) is 33.2. The van der Waals surface area contributed by atoms with E-state index in [9.17, 15) is 0 Å². The highest BCUT2D eigenvalue weighted by atomic mass is 16.3. The van der Waals surface area contributed by atoms with E-state index in [0.717, 1.165) is 61.3 Å². The van der Waals surface area contributed by atoms with Crippen molar-refractivity contribution in [1.29, 1.82) is 0 Å². The predicted octanol–water partition coefficient (Wildman–Crippen LogP) is 15.4. The molecule has 0 amide bonds. The van der Waals surface area contributed by atoms with Crippen LogP contribution in [-0.2, 0) is 0 Å². The van der Waals surface area contributed by atoms with Crippen LogP contribution >= 0.6 is 0 Å². The van der Waals surface area contributed by atoms with Gasteiger partial charge in [-0.25, -0.2) is 0 Å². The molecule has 10 rings (SSSR count). The monoisotopic (exact) mass is 715 g/mol. The predicted molar refractivity (Wildman–Crippen MR) is 236 cm³/mol. The molecule has 1 aromatic heterocycles. The van der Waals surface area contributed by atoms with Gasteiger partial charge in [-0.1, -0.05) is 182 Å². The van der Waals surface area contributed by atoms with E-state index in [0.29, 0.717) is 0 Å². The summed E-state index contributed by atoms with van der Waals surface area (Å²) in [6, 6.07) is 79.9. The Morgan fingerprint density at radius 2 is 0.625 bits per heavy atom. The molecule has 0 radical (unpaired) electrons. The van der Waals surface area contributed by atoms with E-state index in [1.54, 1.807) is 0 Å². The second kappa shape index (κ2) is 14.4. The first-order chi connectivity index (χ1) is 27.8. The number of para-hydroxylation sites is 2. The third-order valence-corrected chi connectivity index (χ3v) is 10.7. The second-order valence-corrected chi connectivity index (χ2v) is 14.1. The molecule has 0 aliphatic carbocycles. The van der Waals surface area contributed by atoms with Crippen LogP contribution in [0, 0.1) is 0 Å². The zero-order valence-electron chi connectivity index (χ0n) is 30.7. The van der Waals surface area contributed by atoms with Gasteiger partial charge < -0.3 is 9.32 Å². The molecule has 264 valence electrons. The maximum Gasteiger partial charge on any atom is 0.143 e. The Bertz CT molecular complexity index is 2910. The van der Waals surface area contributed by atoms with Gasteiger partial charge in [0.15, 0.2) is 0 Å². The SMILES string of the molecule is c1ccc(-c2ccc(-c3ccc(N(c4ccc(-c5ccccc5)cc4)c4ccc(-c5ccccc5-c5cccc6c5oc5ccccc56)cc4)cc3)cc2)cc1. The number of hydrogen-bond acceptors (Lipinski definition) is 2. The van der Waals surface area contributed by atoms with Gasteiger partial charge in [-0.05, 0) is 92.5 Å². The van der Waals surface area contributed by atoms with E-state index < -0.39 is 0 Å². The zero-order chi connectivity index (χ0) is 37.3. The Balaban J connectivity index is 1.01. The highest BCUT2D eigenvalue weighted by molar-refractivity contribution is 6.10. The lowest BCUT2D eigenvalue weighted by Gasteiger charge is -2.26. The Morgan fingerprint density at radius 3 is 1.16 bits per heavy atom. The summed E-state index contributed by atoms with van der Waals surface area (Å²) in [5, 5.41) is 2.27. The van der Waals surface area contributed by atoms with Crippen molar-refractivity contribution >= 4 is 39.0 Å². The third-order valence-electron chi connectivity index (χ3n) is 10.7. The van der Waals surface area contributed by atoms with Gasteiger partial charge in [0, 0.05) is 33.4 Å². The molecule has 9 aromatic carbocycles. The van der Waals surface area contributed by atoms with E-state index in [-0.39, 0.29) is 0 Å². The van der Waals surface area contributed by atoms with Crippen LogP contribution in [0.5, 0.6) is 0 Å². The van der Waals surface area contributed by atoms with Crippen molar-refractivity contribution in [2.24, 2.45) is 0 Å². The summed E-state index contributed by atoms with van der Waals surface area (Å²) in [7, 11) is 0. The Labute approximate surface area is 327 Å². The lowest BCUT2D eigenvalue weighted by Crippen LogP contribution is -2.09. The molecule has 0 saturated heterocycles. The molecule has 0 unspecified atom stereocenters. The van der Waals surface area contributed by atoms with Crippen LogP contribution in [0.25, 0.3) is 77.6 Å². The molecule has 0 bridgehead atoms. The highest BCUT2D eigenvalue weighted by Gasteiger charge is 2.17. The molecule has 0 fully saturated rings. The lowest BCUT2D eigenvalue weighted by atomic mass is 9.93. The van der Waals surface area contributed by atoms with Crippen LogP contribution in [0.15, 0.2) is 229 Å². The molecule has 56 heavy (non-hydrogen) atoms. The summed E-state index contributed by atoms with van der Waals surface area (Å²) in [6.45, 7) is 0. The standard InChI is InChI=1S/C54H37NO/c1-3-12-38(13-4-1)40-22-24-41(25-23-40)43-28-34-46(35-29-43)55(45-32-26-42(27-33-45)39-14-5-2-6-15-39)47-36-30-44(31-37-47)48-16-7-8-17-49(48)51-19-11-20-52-50-18-9-10-21-53(50)56-54(51)52/h1-37H. The lowest BCUT2D eigenvalue weighted by molar-refractivity contribution is 0.670. The molecule has 0 N–H and O–H groups in total. The van der Waals surface area contributed by atoms with Gasteiger partial charge in [0.05, 0.1) is 0 Å². The summed E-state index contributed by atoms with van der Waals surface area (Å²) in [4.78, 5) is 2.34. The van der Waals surface area contributed by atoms with Crippen molar-refractivity contribution < 1.29 is 4.42 Å². The molecule has 0 aliphatic heterocycles.